The number of hydrogen-bond acceptors (Lipinski definition) is 3. The third-order valence-electron chi connectivity index (χ3n) is 2.72. The number of rotatable bonds is 4. The van der Waals surface area contributed by atoms with E-state index in [1.54, 1.807) is 0 Å². The van der Waals surface area contributed by atoms with Gasteiger partial charge in [0, 0.05) is 5.20 Å². The van der Waals surface area contributed by atoms with Crippen LogP contribution in [0.4, 0.5) is 0 Å². The fraction of sp³-hybridized carbons (Fsp3) is 0.786. The third kappa shape index (κ3) is 5.89. The van der Waals surface area contributed by atoms with Crippen molar-refractivity contribution < 1.29 is 14.3 Å². The van der Waals surface area contributed by atoms with Gasteiger partial charge in [-0.1, -0.05) is 39.3 Å². The summed E-state index contributed by atoms with van der Waals surface area (Å²) in [4.78, 5) is 23.9. The molecule has 1 unspecified atom stereocenters. The van der Waals surface area contributed by atoms with Crippen LogP contribution in [0.1, 0.15) is 20.8 Å². The number of esters is 1. The molecule has 5 heteroatoms. The first-order valence-electron chi connectivity index (χ1n) is 6.68. The summed E-state index contributed by atoms with van der Waals surface area (Å²) in [5.41, 5.74) is -0.904. The maximum atomic E-state index is 12.5. The number of carbonyl (C=O) groups excluding carboxylic acids is 2. The molecule has 3 nitrogen and oxygen atoms in total. The summed E-state index contributed by atoms with van der Waals surface area (Å²) in [5.74, 6) is 1.82. The lowest BCUT2D eigenvalue weighted by atomic mass is 10.2. The van der Waals surface area contributed by atoms with Gasteiger partial charge in [-0.05, 0) is 20.8 Å². The van der Waals surface area contributed by atoms with E-state index in [1.807, 2.05) is 20.8 Å². The summed E-state index contributed by atoms with van der Waals surface area (Å²) in [6, 6.07) is 0. The molecular formula is C14H28O3Si2. The van der Waals surface area contributed by atoms with Crippen LogP contribution in [0.5, 0.6) is 0 Å². The monoisotopic (exact) mass is 300 g/mol. The molecule has 110 valence electrons. The van der Waals surface area contributed by atoms with E-state index < -0.39 is 21.7 Å². The van der Waals surface area contributed by atoms with E-state index in [4.69, 9.17) is 4.74 Å². The van der Waals surface area contributed by atoms with Crippen molar-refractivity contribution in [2.75, 3.05) is 0 Å². The van der Waals surface area contributed by atoms with Crippen LogP contribution in [0.15, 0.2) is 5.20 Å². The van der Waals surface area contributed by atoms with E-state index in [2.05, 4.69) is 45.2 Å². The summed E-state index contributed by atoms with van der Waals surface area (Å²) in [7, 11) is -3.75. The fourth-order valence-corrected chi connectivity index (χ4v) is 7.49. The van der Waals surface area contributed by atoms with Gasteiger partial charge in [-0.3, -0.25) is 4.79 Å². The molecule has 1 atom stereocenters. The van der Waals surface area contributed by atoms with Crippen LogP contribution >= 0.6 is 0 Å². The zero-order chi connectivity index (χ0) is 15.6. The molecule has 0 spiro atoms. The second-order valence-electron chi connectivity index (χ2n) is 8.10. The Kier molecular flexibility index (Phi) is 5.58. The highest BCUT2D eigenvalue weighted by Gasteiger charge is 2.43. The third-order valence-corrected chi connectivity index (χ3v) is 7.27. The van der Waals surface area contributed by atoms with Crippen molar-refractivity contribution in [3.8, 4) is 0 Å². The molecule has 0 fully saturated rings. The Morgan fingerprint density at radius 2 is 1.47 bits per heavy atom. The van der Waals surface area contributed by atoms with Crippen molar-refractivity contribution in [2.24, 2.45) is 0 Å². The Balaban J connectivity index is 5.62. The summed E-state index contributed by atoms with van der Waals surface area (Å²) in [6.07, 6.45) is 0. The highest BCUT2D eigenvalue weighted by atomic mass is 28.3. The zero-order valence-corrected chi connectivity index (χ0v) is 15.8. The molecule has 0 aromatic heterocycles. The Bertz CT molecular complexity index is 388. The van der Waals surface area contributed by atoms with E-state index in [1.165, 1.54) is 0 Å². The van der Waals surface area contributed by atoms with Crippen LogP contribution in [0.25, 0.3) is 0 Å². The molecule has 0 aromatic rings. The normalized spacial score (nSPS) is 14.6. The van der Waals surface area contributed by atoms with Gasteiger partial charge < -0.3 is 4.74 Å². The topological polar surface area (TPSA) is 43.4 Å². The minimum atomic E-state index is -1.88. The minimum absolute atomic E-state index is 0.257. The fourth-order valence-electron chi connectivity index (χ4n) is 1.91. The molecule has 0 bridgehead atoms. The van der Waals surface area contributed by atoms with E-state index in [0.717, 1.165) is 0 Å². The van der Waals surface area contributed by atoms with E-state index in [-0.39, 0.29) is 11.5 Å². The molecule has 0 rings (SSSR count). The molecule has 0 aliphatic carbocycles. The number of carbonyl (C=O) groups is 1. The Hall–Kier alpha value is -0.646. The smallest absolute Gasteiger partial charge is 0.311 e. The molecule has 0 N–H and O–H groups in total. The Morgan fingerprint density at radius 1 is 1.05 bits per heavy atom. The molecule has 0 aliphatic heterocycles. The molecule has 0 amide bonds. The van der Waals surface area contributed by atoms with Gasteiger partial charge in [0.05, 0.1) is 21.7 Å². The second-order valence-corrected chi connectivity index (χ2v) is 18.4. The first-order chi connectivity index (χ1) is 8.20. The van der Waals surface area contributed by atoms with E-state index in [0.29, 0.717) is 5.20 Å². The average Bonchev–Trinajstić information content (AvgIpc) is 2.05. The van der Waals surface area contributed by atoms with Crippen LogP contribution in [-0.4, -0.2) is 33.7 Å². The minimum Gasteiger partial charge on any atom is -0.460 e. The largest absolute Gasteiger partial charge is 0.460 e. The lowest BCUT2D eigenvalue weighted by Gasteiger charge is -2.34. The van der Waals surface area contributed by atoms with Crippen LogP contribution in [0.3, 0.4) is 0 Å². The predicted molar refractivity (Wildman–Crippen MR) is 85.5 cm³/mol. The highest BCUT2D eigenvalue weighted by Crippen LogP contribution is 2.36. The predicted octanol–water partition coefficient (Wildman–Crippen LogP) is 3.67. The summed E-state index contributed by atoms with van der Waals surface area (Å²) in [5, 5.41) is 0.668. The molecule has 0 aromatic carbocycles. The summed E-state index contributed by atoms with van der Waals surface area (Å²) >= 11 is 0. The standard InChI is InChI=1S/C14H28O3Si2/c1-14(2,3)17-13(16)12(19(7,8)9)11(10-15)18(4,5)6/h12H,1-9H3. The first-order valence-corrected chi connectivity index (χ1v) is 13.8. The molecule has 0 aliphatic rings. The highest BCUT2D eigenvalue weighted by molar-refractivity contribution is 6.90. The summed E-state index contributed by atoms with van der Waals surface area (Å²) < 4.78 is 5.52. The molecule has 0 saturated carbocycles. The summed E-state index contributed by atoms with van der Waals surface area (Å²) in [6.45, 7) is 18.1. The Labute approximate surface area is 119 Å². The van der Waals surface area contributed by atoms with Crippen molar-refractivity contribution in [1.82, 2.24) is 0 Å². The van der Waals surface area contributed by atoms with Gasteiger partial charge in [0.2, 0.25) is 0 Å². The quantitative estimate of drug-likeness (QED) is 0.452. The molecular weight excluding hydrogens is 272 g/mol. The average molecular weight is 301 g/mol. The zero-order valence-electron chi connectivity index (χ0n) is 13.8. The van der Waals surface area contributed by atoms with Crippen LogP contribution in [-0.2, 0) is 14.3 Å². The number of ether oxygens (including phenoxy) is 1. The van der Waals surface area contributed by atoms with Gasteiger partial charge in [-0.15, -0.1) is 0 Å². The van der Waals surface area contributed by atoms with Crippen molar-refractivity contribution in [3.63, 3.8) is 0 Å². The molecule has 0 radical (unpaired) electrons. The molecule has 19 heavy (non-hydrogen) atoms. The maximum Gasteiger partial charge on any atom is 0.311 e. The first kappa shape index (κ1) is 18.4. The van der Waals surface area contributed by atoms with Crippen LogP contribution < -0.4 is 0 Å². The molecule has 0 heterocycles. The Morgan fingerprint density at radius 3 is 1.68 bits per heavy atom. The van der Waals surface area contributed by atoms with E-state index in [9.17, 15) is 9.59 Å². The van der Waals surface area contributed by atoms with Crippen LogP contribution in [0, 0.1) is 0 Å². The van der Waals surface area contributed by atoms with Crippen LogP contribution in [0.2, 0.25) is 44.8 Å². The van der Waals surface area contributed by atoms with Gasteiger partial charge in [0.1, 0.15) is 11.5 Å². The van der Waals surface area contributed by atoms with Crippen molar-refractivity contribution in [1.29, 1.82) is 0 Å². The lowest BCUT2D eigenvalue weighted by molar-refractivity contribution is -0.153. The van der Waals surface area contributed by atoms with Gasteiger partial charge >= 0.3 is 5.97 Å². The number of hydrogen-bond donors (Lipinski definition) is 0. The van der Waals surface area contributed by atoms with Crippen molar-refractivity contribution in [2.45, 2.75) is 71.2 Å². The second kappa shape index (κ2) is 5.77. The maximum absolute atomic E-state index is 12.5. The van der Waals surface area contributed by atoms with Gasteiger partial charge in [-0.25, -0.2) is 4.79 Å². The van der Waals surface area contributed by atoms with Gasteiger partial charge in [0.25, 0.3) is 0 Å². The molecule has 0 saturated heterocycles. The van der Waals surface area contributed by atoms with Gasteiger partial charge in [-0.2, -0.15) is 0 Å². The SMILES string of the molecule is CC(C)(C)OC(=O)C(C(=C=O)[Si](C)(C)C)[Si](C)(C)C. The van der Waals surface area contributed by atoms with Crippen molar-refractivity contribution >= 4 is 28.1 Å². The van der Waals surface area contributed by atoms with Crippen molar-refractivity contribution in [3.05, 3.63) is 5.20 Å². The lowest BCUT2D eigenvalue weighted by Crippen LogP contribution is -2.44. The van der Waals surface area contributed by atoms with Gasteiger partial charge in [0.15, 0.2) is 0 Å². The van der Waals surface area contributed by atoms with E-state index >= 15 is 0 Å².